The Morgan fingerprint density at radius 3 is 2.50 bits per heavy atom. The van der Waals surface area contributed by atoms with E-state index in [1.165, 1.54) is 0 Å². The van der Waals surface area contributed by atoms with Gasteiger partial charge in [0.1, 0.15) is 4.64 Å². The minimum absolute atomic E-state index is 0.105. The van der Waals surface area contributed by atoms with Crippen LogP contribution in [-0.4, -0.2) is 4.98 Å². The molecule has 1 unspecified atom stereocenters. The first kappa shape index (κ1) is 11.0. The number of nitrogens with one attached hydrogen (secondary N) is 1. The monoisotopic (exact) mass is 230 g/mol. The molecule has 0 amide bonds. The first-order valence-corrected chi connectivity index (χ1v) is 5.59. The molecule has 1 aromatic heterocycles. The van der Waals surface area contributed by atoms with Crippen LogP contribution in [0.3, 0.4) is 0 Å². The maximum absolute atomic E-state index is 6.18. The third kappa shape index (κ3) is 2.21. The second-order valence-corrected chi connectivity index (χ2v) is 4.24. The molecule has 0 spiro atoms. The summed E-state index contributed by atoms with van der Waals surface area (Å²) < 4.78 is 0.768. The van der Waals surface area contributed by atoms with Gasteiger partial charge in [0.25, 0.3) is 0 Å². The summed E-state index contributed by atoms with van der Waals surface area (Å²) in [4.78, 5) is 3.05. The van der Waals surface area contributed by atoms with Crippen molar-refractivity contribution in [2.24, 2.45) is 5.73 Å². The van der Waals surface area contributed by atoms with E-state index < -0.39 is 0 Å². The van der Waals surface area contributed by atoms with E-state index in [0.717, 1.165) is 21.3 Å². The van der Waals surface area contributed by atoms with Gasteiger partial charge in [-0.25, -0.2) is 0 Å². The number of H-pyrrole nitrogens is 1. The molecule has 0 fully saturated rings. The van der Waals surface area contributed by atoms with Crippen LogP contribution >= 0.6 is 12.2 Å². The van der Waals surface area contributed by atoms with Crippen molar-refractivity contribution in [1.29, 1.82) is 0 Å². The highest BCUT2D eigenvalue weighted by molar-refractivity contribution is 7.71. The highest BCUT2D eigenvalue weighted by Gasteiger charge is 2.08. The van der Waals surface area contributed by atoms with Crippen LogP contribution in [0.15, 0.2) is 42.6 Å². The highest BCUT2D eigenvalue weighted by atomic mass is 32.1. The second kappa shape index (κ2) is 4.60. The zero-order chi connectivity index (χ0) is 11.5. The minimum Gasteiger partial charge on any atom is -0.352 e. The average Bonchev–Trinajstić information content (AvgIpc) is 2.33. The predicted octanol–water partition coefficient (Wildman–Crippen LogP) is 3.10. The van der Waals surface area contributed by atoms with Crippen LogP contribution in [0.5, 0.6) is 0 Å². The van der Waals surface area contributed by atoms with E-state index in [-0.39, 0.29) is 6.04 Å². The Labute approximate surface area is 100 Å². The van der Waals surface area contributed by atoms with E-state index in [2.05, 4.69) is 4.98 Å². The summed E-state index contributed by atoms with van der Waals surface area (Å²) >= 11 is 5.12. The zero-order valence-corrected chi connectivity index (χ0v) is 9.92. The van der Waals surface area contributed by atoms with Crippen LogP contribution < -0.4 is 5.73 Å². The number of rotatable bonds is 2. The number of nitrogens with two attached hydrogens (primary N) is 1. The lowest BCUT2D eigenvalue weighted by Gasteiger charge is -2.12. The first-order chi connectivity index (χ1) is 7.68. The lowest BCUT2D eigenvalue weighted by atomic mass is 10.0. The fourth-order valence-corrected chi connectivity index (χ4v) is 1.77. The Kier molecular flexibility index (Phi) is 3.17. The van der Waals surface area contributed by atoms with Crippen LogP contribution in [-0.2, 0) is 0 Å². The van der Waals surface area contributed by atoms with Crippen molar-refractivity contribution in [2.75, 3.05) is 0 Å². The average molecular weight is 230 g/mol. The topological polar surface area (TPSA) is 41.8 Å². The molecule has 3 heteroatoms. The maximum Gasteiger partial charge on any atom is 0.106 e. The molecule has 0 bridgehead atoms. The fraction of sp³-hybridized carbons (Fsp3) is 0.154. The number of pyridine rings is 1. The largest absolute Gasteiger partial charge is 0.352 e. The molecule has 16 heavy (non-hydrogen) atoms. The van der Waals surface area contributed by atoms with E-state index in [4.69, 9.17) is 18.0 Å². The normalized spacial score (nSPS) is 12.4. The maximum atomic E-state index is 6.18. The van der Waals surface area contributed by atoms with Crippen molar-refractivity contribution >= 4 is 12.2 Å². The smallest absolute Gasteiger partial charge is 0.106 e. The van der Waals surface area contributed by atoms with Gasteiger partial charge in [-0.2, -0.15) is 0 Å². The quantitative estimate of drug-likeness (QED) is 0.778. The molecular formula is C13H14N2S. The summed E-state index contributed by atoms with van der Waals surface area (Å²) in [5.74, 6) is 0. The second-order valence-electron chi connectivity index (χ2n) is 3.83. The molecule has 1 heterocycles. The molecule has 1 atom stereocenters. The lowest BCUT2D eigenvalue weighted by molar-refractivity contribution is 0.859. The Morgan fingerprint density at radius 2 is 1.88 bits per heavy atom. The van der Waals surface area contributed by atoms with Crippen LogP contribution in [0.4, 0.5) is 0 Å². The van der Waals surface area contributed by atoms with Gasteiger partial charge in [-0.05, 0) is 29.7 Å². The number of benzene rings is 1. The highest BCUT2D eigenvalue weighted by Crippen LogP contribution is 2.19. The molecule has 0 aliphatic rings. The van der Waals surface area contributed by atoms with Gasteiger partial charge in [-0.15, -0.1) is 0 Å². The van der Waals surface area contributed by atoms with Crippen molar-refractivity contribution in [3.05, 3.63) is 63.9 Å². The van der Waals surface area contributed by atoms with Crippen LogP contribution in [0.25, 0.3) is 0 Å². The van der Waals surface area contributed by atoms with Gasteiger partial charge < -0.3 is 10.7 Å². The summed E-state index contributed by atoms with van der Waals surface area (Å²) in [6.45, 7) is 1.99. The Morgan fingerprint density at radius 1 is 1.19 bits per heavy atom. The zero-order valence-electron chi connectivity index (χ0n) is 9.10. The molecule has 82 valence electrons. The van der Waals surface area contributed by atoms with Crippen molar-refractivity contribution < 1.29 is 0 Å². The SMILES string of the molecule is Cc1cc(C(N)c2ccccc2)c[nH]c1=S. The van der Waals surface area contributed by atoms with Gasteiger partial charge in [0, 0.05) is 6.20 Å². The Balaban J connectivity index is 2.38. The summed E-state index contributed by atoms with van der Waals surface area (Å²) in [6, 6.07) is 12.0. The molecular weight excluding hydrogens is 216 g/mol. The molecule has 0 aliphatic carbocycles. The summed E-state index contributed by atoms with van der Waals surface area (Å²) in [6.07, 6.45) is 1.88. The standard InChI is InChI=1S/C13H14N2S/c1-9-7-11(8-15-13(9)16)12(14)10-5-3-2-4-6-10/h2-8,12H,14H2,1H3,(H,15,16). The molecule has 0 saturated carbocycles. The van der Waals surface area contributed by atoms with Crippen LogP contribution in [0.2, 0.25) is 0 Å². The van der Waals surface area contributed by atoms with Gasteiger partial charge in [-0.3, -0.25) is 0 Å². The summed E-state index contributed by atoms with van der Waals surface area (Å²) in [5.41, 5.74) is 9.39. The molecule has 0 radical (unpaired) electrons. The minimum atomic E-state index is -0.105. The van der Waals surface area contributed by atoms with Gasteiger partial charge in [-0.1, -0.05) is 42.5 Å². The number of aromatic amines is 1. The van der Waals surface area contributed by atoms with Crippen LogP contribution in [0.1, 0.15) is 22.7 Å². The number of aryl methyl sites for hydroxylation is 1. The lowest BCUT2D eigenvalue weighted by Crippen LogP contribution is -2.12. The first-order valence-electron chi connectivity index (χ1n) is 5.18. The predicted molar refractivity (Wildman–Crippen MR) is 68.8 cm³/mol. The molecule has 1 aromatic carbocycles. The van der Waals surface area contributed by atoms with Crippen molar-refractivity contribution in [1.82, 2.24) is 4.98 Å². The van der Waals surface area contributed by atoms with Gasteiger partial charge in [0.2, 0.25) is 0 Å². The molecule has 0 saturated heterocycles. The number of hydrogen-bond donors (Lipinski definition) is 2. The van der Waals surface area contributed by atoms with Gasteiger partial charge in [0.15, 0.2) is 0 Å². The van der Waals surface area contributed by atoms with Crippen molar-refractivity contribution in [3.8, 4) is 0 Å². The van der Waals surface area contributed by atoms with Crippen LogP contribution in [0, 0.1) is 11.6 Å². The number of hydrogen-bond acceptors (Lipinski definition) is 2. The Hall–Kier alpha value is -1.45. The number of aromatic nitrogens is 1. The van der Waals surface area contributed by atoms with E-state index >= 15 is 0 Å². The van der Waals surface area contributed by atoms with Crippen molar-refractivity contribution in [3.63, 3.8) is 0 Å². The molecule has 3 N–H and O–H groups in total. The Bertz CT molecular complexity index is 531. The molecule has 2 rings (SSSR count). The van der Waals surface area contributed by atoms with Crippen molar-refractivity contribution in [2.45, 2.75) is 13.0 Å². The van der Waals surface area contributed by atoms with Gasteiger partial charge in [0.05, 0.1) is 6.04 Å². The van der Waals surface area contributed by atoms with E-state index in [1.807, 2.05) is 49.5 Å². The third-order valence-corrected chi connectivity index (χ3v) is 3.07. The van der Waals surface area contributed by atoms with Gasteiger partial charge >= 0.3 is 0 Å². The molecule has 2 nitrogen and oxygen atoms in total. The van der Waals surface area contributed by atoms with E-state index in [1.54, 1.807) is 0 Å². The van der Waals surface area contributed by atoms with E-state index in [0.29, 0.717) is 0 Å². The molecule has 0 aliphatic heterocycles. The summed E-state index contributed by atoms with van der Waals surface area (Å²) in [5, 5.41) is 0. The third-order valence-electron chi connectivity index (χ3n) is 2.63. The summed E-state index contributed by atoms with van der Waals surface area (Å²) in [7, 11) is 0. The fourth-order valence-electron chi connectivity index (χ4n) is 1.65. The van der Waals surface area contributed by atoms with E-state index in [9.17, 15) is 0 Å². The molecule has 2 aromatic rings.